The van der Waals surface area contributed by atoms with Crippen LogP contribution in [-0.2, 0) is 11.3 Å². The number of halogens is 1. The van der Waals surface area contributed by atoms with Gasteiger partial charge >= 0.3 is 0 Å². The number of carbonyl (C=O) groups excluding carboxylic acids is 1. The Hall–Kier alpha value is -3.25. The van der Waals surface area contributed by atoms with Gasteiger partial charge in [0.05, 0.1) is 6.20 Å². The van der Waals surface area contributed by atoms with Crippen molar-refractivity contribution in [3.05, 3.63) is 90.0 Å². The van der Waals surface area contributed by atoms with Gasteiger partial charge in [-0.15, -0.1) is 0 Å². The second-order valence-electron chi connectivity index (χ2n) is 6.81. The van der Waals surface area contributed by atoms with E-state index in [1.807, 2.05) is 44.2 Å². The van der Waals surface area contributed by atoms with E-state index in [-0.39, 0.29) is 24.2 Å². The second kappa shape index (κ2) is 10.5. The maximum Gasteiger partial charge on any atom is 0.242 e. The molecule has 0 fully saturated rings. The summed E-state index contributed by atoms with van der Waals surface area (Å²) in [6.45, 7) is 5.79. The Labute approximate surface area is 176 Å². The van der Waals surface area contributed by atoms with E-state index in [1.165, 1.54) is 12.3 Å². The molecule has 3 aromatic rings. The van der Waals surface area contributed by atoms with Crippen LogP contribution in [0.3, 0.4) is 0 Å². The number of likely N-dealkylation sites (N-methyl/N-ethyl adjacent to an activating group) is 1. The number of aromatic nitrogens is 1. The first kappa shape index (κ1) is 21.5. The Morgan fingerprint density at radius 1 is 1.10 bits per heavy atom. The minimum absolute atomic E-state index is 0.110. The van der Waals surface area contributed by atoms with Gasteiger partial charge in [0, 0.05) is 12.7 Å². The molecule has 1 heterocycles. The predicted molar refractivity (Wildman–Crippen MR) is 115 cm³/mol. The maximum absolute atomic E-state index is 14.5. The topological polar surface area (TPSA) is 54.5 Å². The average molecular weight is 407 g/mol. The minimum atomic E-state index is -0.492. The normalized spacial score (nSPS) is 11.9. The van der Waals surface area contributed by atoms with E-state index in [0.717, 1.165) is 18.7 Å². The van der Waals surface area contributed by atoms with E-state index in [0.29, 0.717) is 11.3 Å². The van der Waals surface area contributed by atoms with Crippen molar-refractivity contribution >= 4 is 5.91 Å². The smallest absolute Gasteiger partial charge is 0.242 e. The molecule has 30 heavy (non-hydrogen) atoms. The Balaban J connectivity index is 1.68. The molecule has 0 spiro atoms. The van der Waals surface area contributed by atoms with Crippen LogP contribution in [0.15, 0.2) is 73.1 Å². The van der Waals surface area contributed by atoms with E-state index in [9.17, 15) is 9.18 Å². The van der Waals surface area contributed by atoms with E-state index in [2.05, 4.69) is 15.2 Å². The first-order valence-corrected chi connectivity index (χ1v) is 10.0. The van der Waals surface area contributed by atoms with Crippen molar-refractivity contribution in [2.45, 2.75) is 26.4 Å². The molecule has 1 aromatic heterocycles. The number of hydrogen-bond acceptors (Lipinski definition) is 4. The summed E-state index contributed by atoms with van der Waals surface area (Å²) in [4.78, 5) is 19.0. The van der Waals surface area contributed by atoms with Gasteiger partial charge in [0.25, 0.3) is 0 Å². The van der Waals surface area contributed by atoms with Crippen molar-refractivity contribution in [1.82, 2.24) is 15.2 Å². The molecule has 1 N–H and O–H groups in total. The molecule has 0 bridgehead atoms. The molecule has 156 valence electrons. The second-order valence-corrected chi connectivity index (χ2v) is 6.81. The molecule has 0 saturated carbocycles. The summed E-state index contributed by atoms with van der Waals surface area (Å²) in [5, 5.41) is 2.94. The van der Waals surface area contributed by atoms with Crippen molar-refractivity contribution in [3.63, 3.8) is 0 Å². The highest BCUT2D eigenvalue weighted by atomic mass is 19.1. The molecule has 0 radical (unpaired) electrons. The molecule has 1 atom stereocenters. The van der Waals surface area contributed by atoms with Gasteiger partial charge in [-0.3, -0.25) is 14.7 Å². The van der Waals surface area contributed by atoms with Crippen LogP contribution in [0, 0.1) is 5.82 Å². The van der Waals surface area contributed by atoms with Crippen molar-refractivity contribution in [1.29, 1.82) is 0 Å². The Kier molecular flexibility index (Phi) is 7.51. The van der Waals surface area contributed by atoms with Gasteiger partial charge in [-0.1, -0.05) is 50.2 Å². The standard InChI is InChI=1S/C24H26FN3O2/c1-3-28(4-2)23(19-9-6-5-7-10-19)24(29)27-16-18-12-13-22(21(25)15-18)30-20-11-8-14-26-17-20/h5-15,17,23H,3-4,16H2,1-2H3,(H,27,29). The zero-order chi connectivity index (χ0) is 21.3. The van der Waals surface area contributed by atoms with Crippen LogP contribution >= 0.6 is 0 Å². The van der Waals surface area contributed by atoms with Gasteiger partial charge in [0.1, 0.15) is 11.8 Å². The number of nitrogens with zero attached hydrogens (tertiary/aromatic N) is 2. The number of pyridine rings is 1. The molecule has 0 aliphatic heterocycles. The van der Waals surface area contributed by atoms with Crippen LogP contribution in [-0.4, -0.2) is 28.9 Å². The summed E-state index contributed by atoms with van der Waals surface area (Å²) in [5.74, 6) is -0.0271. The van der Waals surface area contributed by atoms with Gasteiger partial charge in [-0.05, 0) is 48.5 Å². The largest absolute Gasteiger partial charge is 0.453 e. The summed E-state index contributed by atoms with van der Waals surface area (Å²) in [5.41, 5.74) is 1.59. The van der Waals surface area contributed by atoms with Crippen LogP contribution < -0.4 is 10.1 Å². The molecular weight excluding hydrogens is 381 g/mol. The molecule has 0 aliphatic rings. The van der Waals surface area contributed by atoms with E-state index >= 15 is 0 Å². The van der Waals surface area contributed by atoms with Crippen LogP contribution in [0.1, 0.15) is 31.0 Å². The van der Waals surface area contributed by atoms with E-state index in [4.69, 9.17) is 4.74 Å². The molecular formula is C24H26FN3O2. The highest BCUT2D eigenvalue weighted by molar-refractivity contribution is 5.83. The predicted octanol–water partition coefficient (Wildman–Crippen LogP) is 4.71. The quantitative estimate of drug-likeness (QED) is 0.558. The zero-order valence-electron chi connectivity index (χ0n) is 17.2. The van der Waals surface area contributed by atoms with Crippen molar-refractivity contribution in [2.75, 3.05) is 13.1 Å². The molecule has 3 rings (SSSR count). The summed E-state index contributed by atoms with van der Waals surface area (Å²) in [6.07, 6.45) is 3.14. The summed E-state index contributed by atoms with van der Waals surface area (Å²) in [7, 11) is 0. The van der Waals surface area contributed by atoms with E-state index in [1.54, 1.807) is 30.5 Å². The Morgan fingerprint density at radius 3 is 2.50 bits per heavy atom. The van der Waals surface area contributed by atoms with Crippen molar-refractivity contribution in [2.24, 2.45) is 0 Å². The van der Waals surface area contributed by atoms with Crippen LogP contribution in [0.25, 0.3) is 0 Å². The van der Waals surface area contributed by atoms with Crippen molar-refractivity contribution in [3.8, 4) is 11.5 Å². The Morgan fingerprint density at radius 2 is 1.87 bits per heavy atom. The molecule has 5 nitrogen and oxygen atoms in total. The summed E-state index contributed by atoms with van der Waals surface area (Å²) in [6, 6.07) is 17.4. The summed E-state index contributed by atoms with van der Waals surface area (Å²) >= 11 is 0. The SMILES string of the molecule is CCN(CC)C(C(=O)NCc1ccc(Oc2cccnc2)c(F)c1)c1ccccc1. The fourth-order valence-electron chi connectivity index (χ4n) is 3.31. The fourth-order valence-corrected chi connectivity index (χ4v) is 3.31. The summed E-state index contributed by atoms with van der Waals surface area (Å²) < 4.78 is 20.0. The molecule has 0 aliphatic carbocycles. The fraction of sp³-hybridized carbons (Fsp3) is 0.250. The first-order valence-electron chi connectivity index (χ1n) is 10.0. The van der Waals surface area contributed by atoms with Gasteiger partial charge in [-0.2, -0.15) is 0 Å². The molecule has 1 amide bonds. The number of carbonyl (C=O) groups is 1. The number of ether oxygens (including phenoxy) is 1. The Bertz CT molecular complexity index is 947. The van der Waals surface area contributed by atoms with Gasteiger partial charge in [0.15, 0.2) is 11.6 Å². The lowest BCUT2D eigenvalue weighted by Gasteiger charge is -2.29. The lowest BCUT2D eigenvalue weighted by molar-refractivity contribution is -0.126. The van der Waals surface area contributed by atoms with Gasteiger partial charge < -0.3 is 10.1 Å². The number of rotatable bonds is 9. The van der Waals surface area contributed by atoms with E-state index < -0.39 is 5.82 Å². The molecule has 1 unspecified atom stereocenters. The third-order valence-electron chi connectivity index (χ3n) is 4.87. The van der Waals surface area contributed by atoms with Gasteiger partial charge in [-0.25, -0.2) is 4.39 Å². The maximum atomic E-state index is 14.5. The number of benzene rings is 2. The highest BCUT2D eigenvalue weighted by Crippen LogP contribution is 2.25. The van der Waals surface area contributed by atoms with Crippen LogP contribution in [0.2, 0.25) is 0 Å². The number of nitrogens with one attached hydrogen (secondary N) is 1. The van der Waals surface area contributed by atoms with Crippen molar-refractivity contribution < 1.29 is 13.9 Å². The lowest BCUT2D eigenvalue weighted by Crippen LogP contribution is -2.40. The lowest BCUT2D eigenvalue weighted by atomic mass is 10.0. The first-order chi connectivity index (χ1) is 14.6. The highest BCUT2D eigenvalue weighted by Gasteiger charge is 2.25. The monoisotopic (exact) mass is 407 g/mol. The van der Waals surface area contributed by atoms with Gasteiger partial charge in [0.2, 0.25) is 5.91 Å². The molecule has 2 aromatic carbocycles. The minimum Gasteiger partial charge on any atom is -0.453 e. The molecule has 0 saturated heterocycles. The van der Waals surface area contributed by atoms with Crippen LogP contribution in [0.5, 0.6) is 11.5 Å². The number of hydrogen-bond donors (Lipinski definition) is 1. The third kappa shape index (κ3) is 5.42. The third-order valence-corrected chi connectivity index (χ3v) is 4.87. The number of amides is 1. The zero-order valence-corrected chi connectivity index (χ0v) is 17.2. The average Bonchev–Trinajstić information content (AvgIpc) is 2.78. The van der Waals surface area contributed by atoms with Crippen LogP contribution in [0.4, 0.5) is 4.39 Å². The molecule has 6 heteroatoms.